The van der Waals surface area contributed by atoms with Crippen molar-refractivity contribution in [1.29, 1.82) is 0 Å². The Morgan fingerprint density at radius 1 is 1.05 bits per heavy atom. The highest BCUT2D eigenvalue weighted by Crippen LogP contribution is 2.39. The lowest BCUT2D eigenvalue weighted by atomic mass is 9.94. The molecule has 5 rings (SSSR count). The molecule has 0 radical (unpaired) electrons. The maximum absolute atomic E-state index is 13.7. The third-order valence-electron chi connectivity index (χ3n) is 6.20. The number of rotatable bonds is 9. The Morgan fingerprint density at radius 3 is 2.62 bits per heavy atom. The van der Waals surface area contributed by atoms with Gasteiger partial charge in [-0.15, -0.1) is 0 Å². The number of ether oxygens (including phenoxy) is 3. The molecule has 39 heavy (non-hydrogen) atoms. The van der Waals surface area contributed by atoms with Gasteiger partial charge in [-0.05, 0) is 71.8 Å². The first kappa shape index (κ1) is 26.1. The summed E-state index contributed by atoms with van der Waals surface area (Å²) in [5.41, 5.74) is 3.33. The van der Waals surface area contributed by atoms with Crippen LogP contribution in [0, 0.1) is 0 Å². The zero-order valence-corrected chi connectivity index (χ0v) is 22.4. The van der Waals surface area contributed by atoms with Crippen molar-refractivity contribution in [3.05, 3.63) is 94.1 Å². The van der Waals surface area contributed by atoms with Crippen LogP contribution in [0.25, 0.3) is 0 Å². The number of hydrogen-bond donors (Lipinski definition) is 2. The number of carbonyl (C=O) groups is 1. The van der Waals surface area contributed by atoms with Crippen molar-refractivity contribution in [1.82, 2.24) is 20.2 Å². The predicted octanol–water partition coefficient (Wildman–Crippen LogP) is 5.24. The van der Waals surface area contributed by atoms with Crippen LogP contribution in [0.3, 0.4) is 0 Å². The van der Waals surface area contributed by atoms with E-state index < -0.39 is 6.04 Å². The minimum atomic E-state index is -0.630. The number of anilines is 2. The minimum Gasteiger partial charge on any atom is -0.493 e. The number of tetrazole rings is 1. The third kappa shape index (κ3) is 5.51. The van der Waals surface area contributed by atoms with Crippen LogP contribution in [-0.2, 0) is 11.4 Å². The van der Waals surface area contributed by atoms with Crippen LogP contribution >= 0.6 is 11.6 Å². The topological polar surface area (TPSA) is 112 Å². The van der Waals surface area contributed by atoms with Crippen LogP contribution in [0.4, 0.5) is 11.6 Å². The first-order valence-corrected chi connectivity index (χ1v) is 12.7. The third-order valence-corrected chi connectivity index (χ3v) is 6.46. The predicted molar refractivity (Wildman–Crippen MR) is 147 cm³/mol. The number of halogens is 1. The van der Waals surface area contributed by atoms with E-state index in [1.165, 1.54) is 0 Å². The number of amides is 1. The van der Waals surface area contributed by atoms with Crippen molar-refractivity contribution in [2.45, 2.75) is 26.5 Å². The van der Waals surface area contributed by atoms with Gasteiger partial charge in [0.05, 0.1) is 25.0 Å². The van der Waals surface area contributed by atoms with Gasteiger partial charge in [0.25, 0.3) is 5.91 Å². The molecule has 4 aromatic rings. The summed E-state index contributed by atoms with van der Waals surface area (Å²) in [5.74, 6) is 1.75. The molecule has 3 aromatic carbocycles. The standard InChI is InChI=1S/C28H27ClN6O4/c1-4-38-22-8-6-5-7-21(22)31-27(36)25-17(2)30-28-32-33-34-35(28)26(25)19-11-14-23(24(15-19)37-3)39-16-18-9-12-20(29)13-10-18/h5-15,26H,4,16H2,1-3H3,(H,31,36)(H,30,32,34). The van der Waals surface area contributed by atoms with Crippen LogP contribution in [0.1, 0.15) is 31.0 Å². The monoisotopic (exact) mass is 546 g/mol. The first-order chi connectivity index (χ1) is 19.0. The summed E-state index contributed by atoms with van der Waals surface area (Å²) in [7, 11) is 1.57. The summed E-state index contributed by atoms with van der Waals surface area (Å²) in [4.78, 5) is 13.7. The van der Waals surface area contributed by atoms with Crippen LogP contribution in [0.15, 0.2) is 78.0 Å². The first-order valence-electron chi connectivity index (χ1n) is 12.3. The number of nitrogens with one attached hydrogen (secondary N) is 2. The van der Waals surface area contributed by atoms with Crippen LogP contribution in [-0.4, -0.2) is 39.8 Å². The summed E-state index contributed by atoms with van der Waals surface area (Å²) in [6.45, 7) is 4.51. The van der Waals surface area contributed by atoms with E-state index in [1.807, 2.05) is 74.5 Å². The Morgan fingerprint density at radius 2 is 1.85 bits per heavy atom. The molecule has 1 atom stereocenters. The molecule has 1 aromatic heterocycles. The van der Waals surface area contributed by atoms with Gasteiger partial charge in [0.15, 0.2) is 11.5 Å². The lowest BCUT2D eigenvalue weighted by Crippen LogP contribution is -2.31. The van der Waals surface area contributed by atoms with Crippen molar-refractivity contribution >= 4 is 29.1 Å². The Labute approximate surface area is 230 Å². The lowest BCUT2D eigenvalue weighted by Gasteiger charge is -2.28. The van der Waals surface area contributed by atoms with Gasteiger partial charge in [-0.1, -0.05) is 47.0 Å². The number of hydrogen-bond acceptors (Lipinski definition) is 8. The molecule has 1 aliphatic rings. The highest BCUT2D eigenvalue weighted by Gasteiger charge is 2.35. The zero-order chi connectivity index (χ0) is 27.4. The van der Waals surface area contributed by atoms with Crippen LogP contribution in [0.2, 0.25) is 5.02 Å². The molecule has 1 unspecified atom stereocenters. The van der Waals surface area contributed by atoms with E-state index in [4.69, 9.17) is 25.8 Å². The number of benzene rings is 3. The van der Waals surface area contributed by atoms with Gasteiger partial charge >= 0.3 is 0 Å². The number of nitrogens with zero attached hydrogens (tertiary/aromatic N) is 4. The molecular weight excluding hydrogens is 520 g/mol. The Balaban J connectivity index is 1.47. The number of fused-ring (bicyclic) bond motifs is 1. The molecule has 200 valence electrons. The van der Waals surface area contributed by atoms with Crippen LogP contribution in [0.5, 0.6) is 17.2 Å². The van der Waals surface area contributed by atoms with Crippen molar-refractivity contribution in [3.63, 3.8) is 0 Å². The molecular formula is C28H27ClN6O4. The molecule has 2 N–H and O–H groups in total. The Hall–Kier alpha value is -4.57. The summed E-state index contributed by atoms with van der Waals surface area (Å²) < 4.78 is 18.9. The number of aromatic nitrogens is 4. The van der Waals surface area contributed by atoms with E-state index in [2.05, 4.69) is 26.2 Å². The average molecular weight is 547 g/mol. The molecule has 1 amide bonds. The van der Waals surface area contributed by atoms with Crippen LogP contribution < -0.4 is 24.8 Å². The fourth-order valence-corrected chi connectivity index (χ4v) is 4.50. The molecule has 0 saturated heterocycles. The highest BCUT2D eigenvalue weighted by atomic mass is 35.5. The highest BCUT2D eigenvalue weighted by molar-refractivity contribution is 6.30. The summed E-state index contributed by atoms with van der Waals surface area (Å²) in [5, 5.41) is 18.8. The molecule has 0 bridgehead atoms. The Kier molecular flexibility index (Phi) is 7.64. The molecule has 0 saturated carbocycles. The summed E-state index contributed by atoms with van der Waals surface area (Å²) >= 11 is 5.99. The van der Waals surface area contributed by atoms with E-state index in [9.17, 15) is 4.79 Å². The fraction of sp³-hybridized carbons (Fsp3) is 0.214. The second-order valence-electron chi connectivity index (χ2n) is 8.72. The van der Waals surface area contributed by atoms with E-state index in [-0.39, 0.29) is 5.91 Å². The molecule has 1 aliphatic heterocycles. The summed E-state index contributed by atoms with van der Waals surface area (Å²) in [6, 6.07) is 19.6. The van der Waals surface area contributed by atoms with Gasteiger partial charge in [-0.3, -0.25) is 4.79 Å². The second-order valence-corrected chi connectivity index (χ2v) is 9.16. The largest absolute Gasteiger partial charge is 0.493 e. The lowest BCUT2D eigenvalue weighted by molar-refractivity contribution is -0.113. The van der Waals surface area contributed by atoms with E-state index in [1.54, 1.807) is 17.9 Å². The van der Waals surface area contributed by atoms with Gasteiger partial charge in [0.1, 0.15) is 18.4 Å². The normalized spacial score (nSPS) is 14.3. The van der Waals surface area contributed by atoms with Gasteiger partial charge in [-0.25, -0.2) is 0 Å². The number of carbonyl (C=O) groups excluding carboxylic acids is 1. The molecule has 10 nitrogen and oxygen atoms in total. The summed E-state index contributed by atoms with van der Waals surface area (Å²) in [6.07, 6.45) is 0. The molecule has 0 fully saturated rings. The van der Waals surface area contributed by atoms with Crippen molar-refractivity contribution in [2.75, 3.05) is 24.4 Å². The minimum absolute atomic E-state index is 0.319. The van der Waals surface area contributed by atoms with E-state index in [0.29, 0.717) is 58.4 Å². The van der Waals surface area contributed by atoms with Crippen molar-refractivity contribution in [2.24, 2.45) is 0 Å². The van der Waals surface area contributed by atoms with E-state index in [0.717, 1.165) is 11.1 Å². The number of methoxy groups -OCH3 is 1. The van der Waals surface area contributed by atoms with Gasteiger partial charge in [0.2, 0.25) is 5.95 Å². The SMILES string of the molecule is CCOc1ccccc1NC(=O)C1=C(C)Nc2nnnn2C1c1ccc(OCc2ccc(Cl)cc2)c(OC)c1. The average Bonchev–Trinajstić information content (AvgIpc) is 3.41. The zero-order valence-electron chi connectivity index (χ0n) is 21.6. The van der Waals surface area contributed by atoms with Crippen molar-refractivity contribution in [3.8, 4) is 17.2 Å². The van der Waals surface area contributed by atoms with Crippen molar-refractivity contribution < 1.29 is 19.0 Å². The maximum Gasteiger partial charge on any atom is 0.255 e. The maximum atomic E-state index is 13.7. The quantitative estimate of drug-likeness (QED) is 0.293. The molecule has 0 aliphatic carbocycles. The number of allylic oxidation sites excluding steroid dienone is 1. The smallest absolute Gasteiger partial charge is 0.255 e. The fourth-order valence-electron chi connectivity index (χ4n) is 4.37. The molecule has 11 heteroatoms. The van der Waals surface area contributed by atoms with Gasteiger partial charge in [0, 0.05) is 10.7 Å². The van der Waals surface area contributed by atoms with Gasteiger partial charge < -0.3 is 24.8 Å². The molecule has 2 heterocycles. The van der Waals surface area contributed by atoms with E-state index >= 15 is 0 Å². The molecule has 0 spiro atoms. The number of para-hydroxylation sites is 2. The Bertz CT molecular complexity index is 1520. The second kappa shape index (κ2) is 11.4. The van der Waals surface area contributed by atoms with Gasteiger partial charge in [-0.2, -0.15) is 4.68 Å².